The van der Waals surface area contributed by atoms with Gasteiger partial charge in [0.1, 0.15) is 89.3 Å². The van der Waals surface area contributed by atoms with Crippen LogP contribution < -0.4 is 14.2 Å². The van der Waals surface area contributed by atoms with Crippen LogP contribution in [0.15, 0.2) is 207 Å². The second kappa shape index (κ2) is 30.8. The Morgan fingerprint density at radius 1 is 0.337 bits per heavy atom. The molecule has 21 heteroatoms. The third-order valence-electron chi connectivity index (χ3n) is 15.0. The molecule has 0 fully saturated rings. The molecule has 12 aromatic rings. The van der Waals surface area contributed by atoms with Crippen LogP contribution in [0.5, 0.6) is 51.7 Å². The summed E-state index contributed by atoms with van der Waals surface area (Å²) < 4.78 is 31.7. The van der Waals surface area contributed by atoms with Crippen LogP contribution in [0.1, 0.15) is 73.5 Å². The van der Waals surface area contributed by atoms with Crippen molar-refractivity contribution < 1.29 is 87.8 Å². The number of aromatic hydroxyl groups is 6. The molecule has 0 radical (unpaired) electrons. The SMILES string of the molecule is Cc1cc(C)c(C(=O)c2sc3cc(O)ccc3c2-c2ccc(O/C=C/OC=O)cc2)c(O)c1.Cc1cc(C)c(C(=O)c2sc3cc(O)ccc3c2-c2ccc(O/C=C/OC=O)cc2)c(O)c1.Cc1ccc(C(=O)c2sc3cc(O)ccc3c2-c2ccc(O/C=C/OC=O)cc2)c(O)c1. The van der Waals surface area contributed by atoms with E-state index < -0.39 is 0 Å². The average Bonchev–Trinajstić information content (AvgIpc) is 1.61. The van der Waals surface area contributed by atoms with Gasteiger partial charge in [0.05, 0.1) is 31.3 Å². The molecule has 18 nitrogen and oxygen atoms in total. The number of carbonyl (C=O) groups excluding carboxylic acids is 6. The number of benzene rings is 9. The minimum absolute atomic E-state index is 0.0585. The number of carbonyl (C=O) groups is 6. The molecule has 0 amide bonds. The summed E-state index contributed by atoms with van der Waals surface area (Å²) in [4.78, 5) is 72.6. The lowest BCUT2D eigenvalue weighted by atomic mass is 9.95. The van der Waals surface area contributed by atoms with Gasteiger partial charge in [0.2, 0.25) is 17.3 Å². The van der Waals surface area contributed by atoms with Crippen LogP contribution in [-0.2, 0) is 28.6 Å². The topological polar surface area (TPSA) is 279 Å². The third kappa shape index (κ3) is 15.6. The predicted octanol–water partition coefficient (Wildman–Crippen LogP) is 17.2. The Morgan fingerprint density at radius 3 is 0.959 bits per heavy atom. The van der Waals surface area contributed by atoms with Crippen LogP contribution in [0.3, 0.4) is 0 Å². The summed E-state index contributed by atoms with van der Waals surface area (Å²) in [7, 11) is 0. The Balaban J connectivity index is 0.000000159. The van der Waals surface area contributed by atoms with Crippen molar-refractivity contribution in [3.63, 3.8) is 0 Å². The van der Waals surface area contributed by atoms with Crippen molar-refractivity contribution in [1.82, 2.24) is 0 Å². The minimum Gasteiger partial charge on any atom is -0.508 e. The van der Waals surface area contributed by atoms with E-state index in [1.54, 1.807) is 135 Å². The summed E-state index contributed by atoms with van der Waals surface area (Å²) in [5.74, 6) is 0.813. The van der Waals surface area contributed by atoms with Crippen molar-refractivity contribution in [2.24, 2.45) is 0 Å². The van der Waals surface area contributed by atoms with Crippen LogP contribution >= 0.6 is 34.0 Å². The molecule has 0 aliphatic heterocycles. The molecule has 3 aromatic heterocycles. The van der Waals surface area contributed by atoms with Crippen molar-refractivity contribution >= 4 is 101 Å². The second-order valence-electron chi connectivity index (χ2n) is 21.9. The van der Waals surface area contributed by atoms with Crippen molar-refractivity contribution in [3.8, 4) is 85.1 Å². The van der Waals surface area contributed by atoms with Gasteiger partial charge in [-0.15, -0.1) is 34.0 Å². The molecular formula is C77H58O18S3. The molecule has 98 heavy (non-hydrogen) atoms. The molecule has 0 saturated heterocycles. The average molecular weight is 1370 g/mol. The first-order chi connectivity index (χ1) is 47.2. The van der Waals surface area contributed by atoms with Crippen LogP contribution in [-0.4, -0.2) is 67.4 Å². The van der Waals surface area contributed by atoms with Crippen molar-refractivity contribution in [2.75, 3.05) is 0 Å². The number of aryl methyl sites for hydroxylation is 5. The summed E-state index contributed by atoms with van der Waals surface area (Å²) in [6.45, 7) is 10.0. The van der Waals surface area contributed by atoms with E-state index in [-0.39, 0.29) is 88.0 Å². The number of rotatable bonds is 21. The van der Waals surface area contributed by atoms with Crippen molar-refractivity contribution in [1.29, 1.82) is 0 Å². The van der Waals surface area contributed by atoms with Gasteiger partial charge in [0, 0.05) is 46.9 Å². The molecule has 0 saturated carbocycles. The predicted molar refractivity (Wildman–Crippen MR) is 376 cm³/mol. The highest BCUT2D eigenvalue weighted by atomic mass is 32.1. The quantitative estimate of drug-likeness (QED) is 0.0169. The van der Waals surface area contributed by atoms with Gasteiger partial charge in [-0.3, -0.25) is 28.8 Å². The number of phenolic OH excluding ortho intramolecular Hbond substituents is 6. The highest BCUT2D eigenvalue weighted by Crippen LogP contribution is 2.46. The fourth-order valence-electron chi connectivity index (χ4n) is 10.9. The standard InChI is InChI=1S/2C26H20O6S.C25H18O6S/c2*1-15-11-16(2)23(21(29)12-15)25(30)26-24(20-8-5-18(28)13-22(20)33-26)17-3-6-19(7-4-17)32-10-9-31-14-27;1-15-2-8-19(21(28)12-15)24(29)25-23(20-9-5-17(27)13-22(20)32-25)16-3-6-18(7-4-16)31-11-10-30-14-26/h2*3-14,28-29H,1-2H3;2-14,27-28H,1H3/b2*10-9+;11-10+. The number of phenols is 6. The van der Waals surface area contributed by atoms with Crippen LogP contribution in [0, 0.1) is 34.6 Å². The number of hydrogen-bond donors (Lipinski definition) is 6. The van der Waals surface area contributed by atoms with Crippen molar-refractivity contribution in [3.05, 3.63) is 267 Å². The van der Waals surface area contributed by atoms with E-state index in [1.807, 2.05) is 69.3 Å². The van der Waals surface area contributed by atoms with Gasteiger partial charge in [-0.1, -0.05) is 54.6 Å². The largest absolute Gasteiger partial charge is 0.508 e. The monoisotopic (exact) mass is 1370 g/mol. The maximum Gasteiger partial charge on any atom is 0.298 e. The molecule has 492 valence electrons. The van der Waals surface area contributed by atoms with Crippen LogP contribution in [0.25, 0.3) is 63.6 Å². The van der Waals surface area contributed by atoms with Crippen LogP contribution in [0.4, 0.5) is 0 Å². The number of fused-ring (bicyclic) bond motifs is 3. The first-order valence-electron chi connectivity index (χ1n) is 29.6. The molecule has 0 bridgehead atoms. The van der Waals surface area contributed by atoms with Crippen LogP contribution in [0.2, 0.25) is 0 Å². The molecule has 0 spiro atoms. The maximum atomic E-state index is 13.6. The van der Waals surface area contributed by atoms with E-state index in [4.69, 9.17) is 14.2 Å². The van der Waals surface area contributed by atoms with E-state index in [9.17, 15) is 59.4 Å². The number of hydrogen-bond acceptors (Lipinski definition) is 21. The van der Waals surface area contributed by atoms with E-state index in [0.717, 1.165) is 82.4 Å². The number of ether oxygens (including phenoxy) is 6. The van der Waals surface area contributed by atoms with Gasteiger partial charge in [-0.05, 0) is 194 Å². The maximum absolute atomic E-state index is 13.6. The highest BCUT2D eigenvalue weighted by molar-refractivity contribution is 7.22. The first kappa shape index (κ1) is 68.6. The summed E-state index contributed by atoms with van der Waals surface area (Å²) in [6, 6.07) is 48.0. The van der Waals surface area contributed by atoms with E-state index in [1.165, 1.54) is 52.8 Å². The molecule has 12 rings (SSSR count). The lowest BCUT2D eigenvalue weighted by Crippen LogP contribution is -2.04. The molecule has 0 aliphatic carbocycles. The number of ketones is 3. The van der Waals surface area contributed by atoms with E-state index in [0.29, 0.717) is 59.7 Å². The fourth-order valence-corrected chi connectivity index (χ4v) is 14.5. The van der Waals surface area contributed by atoms with Gasteiger partial charge >= 0.3 is 0 Å². The normalized spacial score (nSPS) is 11.1. The molecule has 0 atom stereocenters. The Labute approximate surface area is 571 Å². The summed E-state index contributed by atoms with van der Waals surface area (Å²) in [5, 5.41) is 63.7. The van der Waals surface area contributed by atoms with Gasteiger partial charge in [0.15, 0.2) is 0 Å². The molecule has 3 heterocycles. The summed E-state index contributed by atoms with van der Waals surface area (Å²) in [5.41, 5.74) is 9.17. The Bertz CT molecular complexity index is 4850. The zero-order chi connectivity index (χ0) is 69.7. The Morgan fingerprint density at radius 2 is 0.653 bits per heavy atom. The van der Waals surface area contributed by atoms with Gasteiger partial charge < -0.3 is 59.1 Å². The molecule has 9 aromatic carbocycles. The summed E-state index contributed by atoms with van der Waals surface area (Å²) >= 11 is 3.80. The Kier molecular flexibility index (Phi) is 21.6. The second-order valence-corrected chi connectivity index (χ2v) is 25.0. The van der Waals surface area contributed by atoms with Gasteiger partial charge in [0.25, 0.3) is 19.4 Å². The van der Waals surface area contributed by atoms with Gasteiger partial charge in [-0.2, -0.15) is 0 Å². The molecule has 0 aliphatic rings. The zero-order valence-electron chi connectivity index (χ0n) is 52.7. The Hall–Kier alpha value is -12.3. The lowest BCUT2D eigenvalue weighted by molar-refractivity contribution is -0.124. The molecule has 6 N–H and O–H groups in total. The minimum atomic E-state index is -0.299. The smallest absolute Gasteiger partial charge is 0.298 e. The highest BCUT2D eigenvalue weighted by Gasteiger charge is 2.28. The number of thiophene rings is 3. The van der Waals surface area contributed by atoms with E-state index >= 15 is 0 Å². The fraction of sp³-hybridized carbons (Fsp3) is 0.0649. The molecular weight excluding hydrogens is 1310 g/mol. The summed E-state index contributed by atoms with van der Waals surface area (Å²) in [6.07, 6.45) is 7.07. The van der Waals surface area contributed by atoms with Crippen molar-refractivity contribution in [2.45, 2.75) is 34.6 Å². The van der Waals surface area contributed by atoms with Gasteiger partial charge in [-0.25, -0.2) is 0 Å². The molecule has 0 unspecified atom stereocenters. The third-order valence-corrected chi connectivity index (χ3v) is 18.5. The van der Waals surface area contributed by atoms with E-state index in [2.05, 4.69) is 14.2 Å². The zero-order valence-corrected chi connectivity index (χ0v) is 55.1. The lowest BCUT2D eigenvalue weighted by Gasteiger charge is -2.10. The first-order valence-corrected chi connectivity index (χ1v) is 32.0.